The first-order chi connectivity index (χ1) is 13.0. The van der Waals surface area contributed by atoms with Crippen LogP contribution in [0.2, 0.25) is 0 Å². The van der Waals surface area contributed by atoms with E-state index >= 15 is 0 Å². The Bertz CT molecular complexity index is 749. The SMILES string of the molecule is CC1CCN(C(=O)c2ccc(N3C(=O)[C@H]4CC[C@@H](C)C[C@@H]4C3=O)cc2)CC1. The summed E-state index contributed by atoms with van der Waals surface area (Å²) in [5.41, 5.74) is 1.22. The summed E-state index contributed by atoms with van der Waals surface area (Å²) in [6.45, 7) is 5.97. The van der Waals surface area contributed by atoms with Crippen LogP contribution in [-0.2, 0) is 9.59 Å². The van der Waals surface area contributed by atoms with Crippen LogP contribution in [0.25, 0.3) is 0 Å². The van der Waals surface area contributed by atoms with Gasteiger partial charge in [0.15, 0.2) is 0 Å². The van der Waals surface area contributed by atoms with Crippen molar-refractivity contribution >= 4 is 23.4 Å². The van der Waals surface area contributed by atoms with Gasteiger partial charge in [0.2, 0.25) is 11.8 Å². The quantitative estimate of drug-likeness (QED) is 0.751. The summed E-state index contributed by atoms with van der Waals surface area (Å²) in [4.78, 5) is 41.5. The van der Waals surface area contributed by atoms with E-state index in [1.165, 1.54) is 4.90 Å². The highest BCUT2D eigenvalue weighted by Crippen LogP contribution is 2.42. The molecular formula is C22H28N2O3. The van der Waals surface area contributed by atoms with Gasteiger partial charge in [-0.05, 0) is 68.2 Å². The second-order valence-electron chi connectivity index (χ2n) is 8.66. The number of amides is 3. The number of piperidine rings is 1. The minimum Gasteiger partial charge on any atom is -0.339 e. The van der Waals surface area contributed by atoms with Crippen molar-refractivity contribution < 1.29 is 14.4 Å². The molecule has 1 saturated carbocycles. The third kappa shape index (κ3) is 3.28. The number of rotatable bonds is 2. The highest BCUT2D eigenvalue weighted by Gasteiger charge is 2.49. The molecule has 1 aromatic rings. The van der Waals surface area contributed by atoms with Crippen molar-refractivity contribution in [1.82, 2.24) is 4.90 Å². The van der Waals surface area contributed by atoms with Crippen molar-refractivity contribution in [3.05, 3.63) is 29.8 Å². The van der Waals surface area contributed by atoms with Gasteiger partial charge in [-0.2, -0.15) is 0 Å². The Labute approximate surface area is 160 Å². The number of imide groups is 1. The fourth-order valence-corrected chi connectivity index (χ4v) is 4.79. The first-order valence-corrected chi connectivity index (χ1v) is 10.2. The van der Waals surface area contributed by atoms with Crippen LogP contribution in [0, 0.1) is 23.7 Å². The van der Waals surface area contributed by atoms with Crippen molar-refractivity contribution in [3.63, 3.8) is 0 Å². The Morgan fingerprint density at radius 2 is 1.48 bits per heavy atom. The molecule has 0 spiro atoms. The van der Waals surface area contributed by atoms with Crippen molar-refractivity contribution in [1.29, 1.82) is 0 Å². The summed E-state index contributed by atoms with van der Waals surface area (Å²) >= 11 is 0. The van der Waals surface area contributed by atoms with E-state index in [0.717, 1.165) is 45.2 Å². The topological polar surface area (TPSA) is 57.7 Å². The van der Waals surface area contributed by atoms with E-state index in [9.17, 15) is 14.4 Å². The van der Waals surface area contributed by atoms with Gasteiger partial charge in [-0.15, -0.1) is 0 Å². The molecule has 3 fully saturated rings. The Morgan fingerprint density at radius 1 is 0.852 bits per heavy atom. The molecule has 144 valence electrons. The van der Waals surface area contributed by atoms with Crippen LogP contribution in [0.3, 0.4) is 0 Å². The van der Waals surface area contributed by atoms with E-state index in [0.29, 0.717) is 23.1 Å². The zero-order valence-corrected chi connectivity index (χ0v) is 16.2. The maximum atomic E-state index is 12.8. The van der Waals surface area contributed by atoms with Crippen molar-refractivity contribution in [2.75, 3.05) is 18.0 Å². The normalized spacial score (nSPS) is 29.2. The van der Waals surface area contributed by atoms with Gasteiger partial charge in [-0.25, -0.2) is 0 Å². The molecule has 1 aromatic carbocycles. The Hall–Kier alpha value is -2.17. The largest absolute Gasteiger partial charge is 0.339 e. The maximum absolute atomic E-state index is 12.8. The number of anilines is 1. The van der Waals surface area contributed by atoms with Gasteiger partial charge < -0.3 is 4.90 Å². The van der Waals surface area contributed by atoms with Crippen LogP contribution in [0.15, 0.2) is 24.3 Å². The Balaban J connectivity index is 1.50. The molecule has 5 nitrogen and oxygen atoms in total. The fraction of sp³-hybridized carbons (Fsp3) is 0.591. The lowest BCUT2D eigenvalue weighted by Crippen LogP contribution is -2.38. The summed E-state index contributed by atoms with van der Waals surface area (Å²) in [7, 11) is 0. The number of hydrogen-bond acceptors (Lipinski definition) is 3. The van der Waals surface area contributed by atoms with E-state index in [1.807, 2.05) is 4.90 Å². The molecule has 4 rings (SSSR count). The first kappa shape index (κ1) is 18.2. The van der Waals surface area contributed by atoms with E-state index in [2.05, 4.69) is 13.8 Å². The Kier molecular flexibility index (Phi) is 4.79. The zero-order chi connectivity index (χ0) is 19.1. The van der Waals surface area contributed by atoms with Crippen LogP contribution in [0.4, 0.5) is 5.69 Å². The number of fused-ring (bicyclic) bond motifs is 1. The molecule has 0 unspecified atom stereocenters. The monoisotopic (exact) mass is 368 g/mol. The molecule has 0 N–H and O–H groups in total. The third-order valence-corrected chi connectivity index (χ3v) is 6.63. The number of benzene rings is 1. The van der Waals surface area contributed by atoms with Gasteiger partial charge in [0, 0.05) is 18.7 Å². The fourth-order valence-electron chi connectivity index (χ4n) is 4.79. The molecule has 0 aromatic heterocycles. The van der Waals surface area contributed by atoms with Crippen LogP contribution < -0.4 is 4.90 Å². The molecule has 0 radical (unpaired) electrons. The molecule has 3 amide bonds. The highest BCUT2D eigenvalue weighted by atomic mass is 16.2. The second kappa shape index (κ2) is 7.10. The maximum Gasteiger partial charge on any atom is 0.253 e. The molecule has 2 heterocycles. The molecule has 2 saturated heterocycles. The molecule has 3 atom stereocenters. The minimum absolute atomic E-state index is 0.0371. The van der Waals surface area contributed by atoms with Gasteiger partial charge >= 0.3 is 0 Å². The van der Waals surface area contributed by atoms with Gasteiger partial charge in [0.1, 0.15) is 0 Å². The molecule has 3 aliphatic rings. The van der Waals surface area contributed by atoms with Gasteiger partial charge in [0.25, 0.3) is 5.91 Å². The summed E-state index contributed by atoms with van der Waals surface area (Å²) in [5, 5.41) is 0. The number of hydrogen-bond donors (Lipinski definition) is 0. The van der Waals surface area contributed by atoms with Crippen molar-refractivity contribution in [2.45, 2.75) is 46.0 Å². The zero-order valence-electron chi connectivity index (χ0n) is 16.2. The third-order valence-electron chi connectivity index (χ3n) is 6.63. The van der Waals surface area contributed by atoms with Gasteiger partial charge in [-0.3, -0.25) is 19.3 Å². The predicted molar refractivity (Wildman–Crippen MR) is 103 cm³/mol. The average Bonchev–Trinajstić information content (AvgIpc) is 2.92. The lowest BCUT2D eigenvalue weighted by molar-refractivity contribution is -0.122. The van der Waals surface area contributed by atoms with Crippen LogP contribution in [0.5, 0.6) is 0 Å². The van der Waals surface area contributed by atoms with E-state index < -0.39 is 0 Å². The summed E-state index contributed by atoms with van der Waals surface area (Å²) in [6, 6.07) is 6.99. The van der Waals surface area contributed by atoms with Crippen LogP contribution in [-0.4, -0.2) is 35.7 Å². The molecule has 2 aliphatic heterocycles. The molecule has 27 heavy (non-hydrogen) atoms. The van der Waals surface area contributed by atoms with Crippen LogP contribution in [0.1, 0.15) is 56.3 Å². The molecule has 1 aliphatic carbocycles. The first-order valence-electron chi connectivity index (χ1n) is 10.2. The van der Waals surface area contributed by atoms with E-state index in [1.54, 1.807) is 24.3 Å². The number of carbonyl (C=O) groups is 3. The minimum atomic E-state index is -0.169. The van der Waals surface area contributed by atoms with Crippen molar-refractivity contribution in [2.24, 2.45) is 23.7 Å². The highest BCUT2D eigenvalue weighted by molar-refractivity contribution is 6.22. The number of carbonyl (C=O) groups excluding carboxylic acids is 3. The van der Waals surface area contributed by atoms with Crippen molar-refractivity contribution in [3.8, 4) is 0 Å². The molecule has 0 bridgehead atoms. The van der Waals surface area contributed by atoms with Gasteiger partial charge in [0.05, 0.1) is 17.5 Å². The summed E-state index contributed by atoms with van der Waals surface area (Å²) in [5.74, 6) is 0.741. The lowest BCUT2D eigenvalue weighted by atomic mass is 9.76. The summed E-state index contributed by atoms with van der Waals surface area (Å²) in [6.07, 6.45) is 4.70. The molecule has 5 heteroatoms. The number of likely N-dealkylation sites (tertiary alicyclic amines) is 1. The number of nitrogens with zero attached hydrogens (tertiary/aromatic N) is 2. The van der Waals surface area contributed by atoms with E-state index in [4.69, 9.17) is 0 Å². The molecular weight excluding hydrogens is 340 g/mol. The Morgan fingerprint density at radius 3 is 2.15 bits per heavy atom. The second-order valence-corrected chi connectivity index (χ2v) is 8.66. The smallest absolute Gasteiger partial charge is 0.253 e. The van der Waals surface area contributed by atoms with Crippen LogP contribution >= 0.6 is 0 Å². The standard InChI is InChI=1S/C22H28N2O3/c1-14-9-11-23(12-10-14)20(25)16-4-6-17(7-5-16)24-21(26)18-8-3-15(2)13-19(18)22(24)27/h4-7,14-15,18-19H,3,8-13H2,1-2H3/t15-,18+,19+/m1/s1. The van der Waals surface area contributed by atoms with Gasteiger partial charge in [-0.1, -0.05) is 13.8 Å². The average molecular weight is 368 g/mol. The van der Waals surface area contributed by atoms with E-state index in [-0.39, 0.29) is 29.6 Å². The summed E-state index contributed by atoms with van der Waals surface area (Å²) < 4.78 is 0. The predicted octanol–water partition coefficient (Wildman–Crippen LogP) is 3.48. The lowest BCUT2D eigenvalue weighted by Gasteiger charge is -2.30.